The zero-order chi connectivity index (χ0) is 93.2. The van der Waals surface area contributed by atoms with E-state index in [-0.39, 0.29) is 45.1 Å². The first kappa shape index (κ1) is 100. The summed E-state index contributed by atoms with van der Waals surface area (Å²) in [6.07, 6.45) is 15.3. The zero-order valence-corrected chi connectivity index (χ0v) is 80.3. The quantitative estimate of drug-likeness (QED) is 0.0230. The molecule has 32 heteroatoms. The number of benzene rings is 6. The van der Waals surface area contributed by atoms with Crippen LogP contribution in [0.4, 0.5) is 17.5 Å². The Labute approximate surface area is 769 Å². The number of halogens is 1. The molecule has 0 bridgehead atoms. The molecule has 669 valence electrons. The molecule has 6 aromatic carbocycles. The van der Waals surface area contributed by atoms with Crippen LogP contribution in [0.25, 0.3) is 55.1 Å². The molecule has 0 aliphatic carbocycles. The minimum atomic E-state index is -3.92. The minimum absolute atomic E-state index is 0. The molecule has 3 radical (unpaired) electrons. The summed E-state index contributed by atoms with van der Waals surface area (Å²) in [6, 6.07) is 89.1. The summed E-state index contributed by atoms with van der Waals surface area (Å²) in [4.78, 5) is 34.8. The SMILES string of the molecule is Brc1ccc2c3cnccc3n(C(c3ccccc3)(c3ccccc3)c3ccccc3)c2n1.CC1(C)OB(c2ccnc([N+](C)(C)C)c2)OC1(C)C.CN(C)c1cc(B2OC(C)(C)C(C)(C)O2)ccn1.COS(C)(=O)=O.CS(=O)(=O)[O-].CS(=O)(=O)[O-].C[N+](C)(C)c1cc(-c2ccc3c4cnccc4n(C(c4ccccc4)(c4ccccc4)c4ccccc4)c3n2)ccn1.[B]. The molecular formula is C97H109B3BrN12O13S3. The van der Waals surface area contributed by atoms with Gasteiger partial charge in [-0.2, -0.15) is 8.42 Å². The average molecular weight is 1860 g/mol. The van der Waals surface area contributed by atoms with Crippen LogP contribution in [0, 0.1) is 0 Å². The Hall–Kier alpha value is -11.1. The summed E-state index contributed by atoms with van der Waals surface area (Å²) in [7, 11) is 6.08. The Morgan fingerprint density at radius 2 is 0.713 bits per heavy atom. The van der Waals surface area contributed by atoms with Gasteiger partial charge in [0, 0.05) is 118 Å². The fourth-order valence-electron chi connectivity index (χ4n) is 14.8. The first-order chi connectivity index (χ1) is 60.1. The minimum Gasteiger partial charge on any atom is -0.748 e. The van der Waals surface area contributed by atoms with Gasteiger partial charge in [-0.3, -0.25) is 23.1 Å². The second-order valence-corrected chi connectivity index (χ2v) is 40.2. The summed E-state index contributed by atoms with van der Waals surface area (Å²) in [5, 5.41) is 4.29. The van der Waals surface area contributed by atoms with Crippen molar-refractivity contribution in [2.24, 2.45) is 0 Å². The number of rotatable bonds is 15. The van der Waals surface area contributed by atoms with Gasteiger partial charge in [-0.25, -0.2) is 41.8 Å². The maximum absolute atomic E-state index is 9.78. The van der Waals surface area contributed by atoms with Gasteiger partial charge in [0.1, 0.15) is 32.8 Å². The van der Waals surface area contributed by atoms with Crippen LogP contribution in [0.3, 0.4) is 0 Å². The van der Waals surface area contributed by atoms with Gasteiger partial charge in [0.2, 0.25) is 11.6 Å². The van der Waals surface area contributed by atoms with E-state index in [9.17, 15) is 8.42 Å². The smallest absolute Gasteiger partial charge is 0.495 e. The van der Waals surface area contributed by atoms with E-state index in [2.05, 4.69) is 376 Å². The van der Waals surface area contributed by atoms with Crippen LogP contribution in [-0.2, 0) is 64.2 Å². The van der Waals surface area contributed by atoms with Gasteiger partial charge in [0.15, 0.2) is 0 Å². The average Bonchev–Trinajstić information content (AvgIpc) is 0.943. The van der Waals surface area contributed by atoms with Gasteiger partial charge >= 0.3 is 14.2 Å². The van der Waals surface area contributed by atoms with Gasteiger partial charge in [0.25, 0.3) is 10.1 Å². The third-order valence-corrected chi connectivity index (χ3v) is 23.4. The molecule has 129 heavy (non-hydrogen) atoms. The summed E-state index contributed by atoms with van der Waals surface area (Å²) in [6.45, 7) is 16.5. The number of fused-ring (bicyclic) bond motifs is 6. The van der Waals surface area contributed by atoms with Crippen molar-refractivity contribution >= 4 is 141 Å². The van der Waals surface area contributed by atoms with Crippen molar-refractivity contribution in [2.45, 2.75) is 88.9 Å². The molecule has 0 saturated carbocycles. The molecule has 2 aliphatic rings. The van der Waals surface area contributed by atoms with Gasteiger partial charge in [0.05, 0.1) is 115 Å². The summed E-state index contributed by atoms with van der Waals surface area (Å²) < 4.78 is 109. The van der Waals surface area contributed by atoms with Crippen molar-refractivity contribution in [3.63, 3.8) is 0 Å². The van der Waals surface area contributed by atoms with Crippen molar-refractivity contribution < 1.29 is 57.2 Å². The molecule has 0 atom stereocenters. The van der Waals surface area contributed by atoms with Crippen LogP contribution in [0.15, 0.2) is 303 Å². The molecular weight excluding hydrogens is 1750 g/mol. The normalized spacial score (nSPS) is 14.6. The Bertz CT molecular complexity index is 6420. The first-order valence-electron chi connectivity index (χ1n) is 41.1. The molecule has 2 fully saturated rings. The lowest BCUT2D eigenvalue weighted by Gasteiger charge is -2.38. The number of aromatic nitrogens is 9. The molecule has 17 rings (SSSR count). The lowest BCUT2D eigenvalue weighted by molar-refractivity contribution is 0.00578. The number of hydrogen-bond acceptors (Lipinski definition) is 21. The number of hydrogen-bond donors (Lipinski definition) is 0. The van der Waals surface area contributed by atoms with E-state index in [1.165, 1.54) is 16.7 Å². The number of quaternary nitrogens is 2. The predicted molar refractivity (Wildman–Crippen MR) is 522 cm³/mol. The van der Waals surface area contributed by atoms with Gasteiger partial charge in [-0.15, -0.1) is 0 Å². The molecule has 0 spiro atoms. The number of nitrogens with zero attached hydrogens (tertiary/aromatic N) is 12. The molecule has 0 amide bonds. The standard InChI is InChI=1S/C37H32N5.C29H20BrN3.C14H24BN2O2.C13H21BN2O2.C2H6O3S.2CH4O3S.B/c1-42(2,3)35-25-27(21-24-39-35)33-20-19-31-32-26-38-23-22-34(32)41(36(31)40-33)37(28-13-7-4-8-14-28,29-15-9-5-10-16-29)30-17-11-6-12-18-30;30-27-17-16-24-25-20-31-19-18-26(25)33(28(24)32-27)29(21-10-4-1-5-11-21,22-12-6-2-7-13-22)23-14-8-3-9-15-23;1-13(2)14(3,4)19-15(18-13)11-8-9-16-12(10-11)17(5,6)7;1-12(2)13(3,4)18-14(17-12)10-7-8-15-11(9-10)16(5)6;1-5-6(2,3)4;2*1-5(2,3)4;/h4-26H,1-3H3;1-20H;8-10H,1-7H3;7-9H,1-6H3;1-2H3;2*1H3,(H,2,3,4);/q+1;;+1;;;;;/p-2. The largest absolute Gasteiger partial charge is 0.748 e. The monoisotopic (exact) mass is 1860 g/mol. The maximum Gasteiger partial charge on any atom is 0.495 e. The van der Waals surface area contributed by atoms with Crippen molar-refractivity contribution in [3.8, 4) is 11.3 Å². The zero-order valence-electron chi connectivity index (χ0n) is 76.3. The number of anilines is 1. The van der Waals surface area contributed by atoms with E-state index in [1.54, 1.807) is 6.20 Å². The maximum atomic E-state index is 9.78. The number of pyridine rings is 7. The van der Waals surface area contributed by atoms with Gasteiger partial charge in [-0.05, 0) is 176 Å². The van der Waals surface area contributed by atoms with E-state index in [1.807, 2.05) is 86.5 Å². The fraction of sp³-hybridized carbons (Fsp3) is 0.268. The second kappa shape index (κ2) is 40.5. The van der Waals surface area contributed by atoms with Crippen LogP contribution in [0.2, 0.25) is 0 Å². The van der Waals surface area contributed by atoms with Crippen LogP contribution in [0.5, 0.6) is 0 Å². The van der Waals surface area contributed by atoms with Gasteiger partial charge in [-0.1, -0.05) is 182 Å². The van der Waals surface area contributed by atoms with E-state index in [0.717, 1.165) is 118 Å². The van der Waals surface area contributed by atoms with Gasteiger partial charge < -0.3 is 41.8 Å². The van der Waals surface area contributed by atoms with Crippen molar-refractivity contribution in [3.05, 3.63) is 336 Å². The first-order valence-corrected chi connectivity index (χ1v) is 47.3. The lowest BCUT2D eigenvalue weighted by atomic mass is 9.76. The predicted octanol–water partition coefficient (Wildman–Crippen LogP) is 15.4. The Morgan fingerprint density at radius 1 is 0.411 bits per heavy atom. The Kier molecular flexibility index (Phi) is 31.4. The highest BCUT2D eigenvalue weighted by atomic mass is 79.9. The molecule has 9 aromatic heterocycles. The molecule has 25 nitrogen and oxygen atoms in total. The highest BCUT2D eigenvalue weighted by molar-refractivity contribution is 9.10. The van der Waals surface area contributed by atoms with Crippen molar-refractivity contribution in [1.29, 1.82) is 0 Å². The molecule has 2 saturated heterocycles. The third kappa shape index (κ3) is 23.6. The highest BCUT2D eigenvalue weighted by Gasteiger charge is 2.53. The van der Waals surface area contributed by atoms with E-state index in [4.69, 9.17) is 54.5 Å². The second-order valence-electron chi connectivity index (χ2n) is 34.8. The van der Waals surface area contributed by atoms with Crippen LogP contribution in [0.1, 0.15) is 88.8 Å². The molecule has 11 heterocycles. The summed E-state index contributed by atoms with van der Waals surface area (Å²) >= 11 is 3.62. The Balaban J connectivity index is 0.000000176. The topological polar surface area (TPSA) is 298 Å². The molecule has 2 aliphatic heterocycles. The van der Waals surface area contributed by atoms with E-state index < -0.39 is 41.4 Å². The fourth-order valence-corrected chi connectivity index (χ4v) is 15.1. The lowest BCUT2D eigenvalue weighted by Crippen LogP contribution is -2.41. The summed E-state index contributed by atoms with van der Waals surface area (Å²) in [5.41, 5.74) is 12.3. The molecule has 0 N–H and O–H groups in total. The molecule has 0 unspecified atom stereocenters. The van der Waals surface area contributed by atoms with Crippen molar-refractivity contribution in [2.75, 3.05) is 87.2 Å². The van der Waals surface area contributed by atoms with E-state index >= 15 is 0 Å². The van der Waals surface area contributed by atoms with E-state index in [0.29, 0.717) is 21.5 Å². The Morgan fingerprint density at radius 3 is 1.04 bits per heavy atom. The van der Waals surface area contributed by atoms with Crippen LogP contribution >= 0.6 is 15.9 Å². The van der Waals surface area contributed by atoms with Crippen molar-refractivity contribution in [1.82, 2.24) is 53.0 Å². The summed E-state index contributed by atoms with van der Waals surface area (Å²) in [5.74, 6) is 2.88. The highest BCUT2D eigenvalue weighted by Crippen LogP contribution is 2.49. The molecule has 15 aromatic rings. The van der Waals surface area contributed by atoms with Crippen LogP contribution < -0.4 is 24.8 Å². The van der Waals surface area contributed by atoms with Crippen LogP contribution in [-0.4, -0.2) is 206 Å². The third-order valence-electron chi connectivity index (χ3n) is 22.4.